The topological polar surface area (TPSA) is 66.4 Å². The third-order valence-corrected chi connectivity index (χ3v) is 4.26. The second-order valence-electron chi connectivity index (χ2n) is 4.98. The van der Waals surface area contributed by atoms with Crippen LogP contribution in [-0.4, -0.2) is 23.0 Å². The van der Waals surface area contributed by atoms with Crippen LogP contribution >= 0.6 is 11.3 Å². The molecule has 1 atom stereocenters. The van der Waals surface area contributed by atoms with Crippen molar-refractivity contribution in [1.82, 2.24) is 5.32 Å². The minimum atomic E-state index is -0.879. The molecule has 0 fully saturated rings. The van der Waals surface area contributed by atoms with Crippen molar-refractivity contribution < 1.29 is 19.1 Å². The molecule has 0 radical (unpaired) electrons. The van der Waals surface area contributed by atoms with Crippen LogP contribution in [0.15, 0.2) is 36.4 Å². The Balaban J connectivity index is 2.00. The molecule has 0 saturated carbocycles. The van der Waals surface area contributed by atoms with Crippen molar-refractivity contribution >= 4 is 23.2 Å². The Bertz CT molecular complexity index is 666. The highest BCUT2D eigenvalue weighted by Crippen LogP contribution is 2.28. The SMILES string of the molecule is CC(CCC(=O)O)NC(=O)c1ccc(-c2ccc(F)cc2)s1. The van der Waals surface area contributed by atoms with Crippen LogP contribution in [0.5, 0.6) is 0 Å². The van der Waals surface area contributed by atoms with Gasteiger partial charge in [0.05, 0.1) is 4.88 Å². The number of thiophene rings is 1. The number of benzene rings is 1. The summed E-state index contributed by atoms with van der Waals surface area (Å²) in [5.41, 5.74) is 0.851. The lowest BCUT2D eigenvalue weighted by atomic mass is 10.2. The molecule has 2 rings (SSSR count). The zero-order valence-corrected chi connectivity index (χ0v) is 12.8. The van der Waals surface area contributed by atoms with E-state index in [1.165, 1.54) is 23.5 Å². The molecular formula is C16H16FNO3S. The number of carboxylic acid groups (broad SMARTS) is 1. The van der Waals surface area contributed by atoms with Crippen LogP contribution in [0.3, 0.4) is 0 Å². The highest BCUT2D eigenvalue weighted by molar-refractivity contribution is 7.17. The van der Waals surface area contributed by atoms with Crippen molar-refractivity contribution in [2.75, 3.05) is 0 Å². The molecule has 116 valence electrons. The Morgan fingerprint density at radius 3 is 2.55 bits per heavy atom. The Morgan fingerprint density at radius 2 is 1.91 bits per heavy atom. The van der Waals surface area contributed by atoms with E-state index in [1.807, 2.05) is 6.07 Å². The van der Waals surface area contributed by atoms with E-state index >= 15 is 0 Å². The first-order valence-electron chi connectivity index (χ1n) is 6.84. The molecule has 0 aliphatic heterocycles. The molecule has 0 saturated heterocycles. The van der Waals surface area contributed by atoms with Crippen molar-refractivity contribution in [3.05, 3.63) is 47.1 Å². The number of amides is 1. The molecule has 0 aliphatic rings. The monoisotopic (exact) mass is 321 g/mol. The van der Waals surface area contributed by atoms with Crippen LogP contribution in [0.2, 0.25) is 0 Å². The van der Waals surface area contributed by atoms with Crippen LogP contribution in [0.1, 0.15) is 29.4 Å². The van der Waals surface area contributed by atoms with Gasteiger partial charge in [-0.3, -0.25) is 9.59 Å². The van der Waals surface area contributed by atoms with Crippen LogP contribution in [-0.2, 0) is 4.79 Å². The lowest BCUT2D eigenvalue weighted by molar-refractivity contribution is -0.137. The van der Waals surface area contributed by atoms with Crippen LogP contribution in [0.25, 0.3) is 10.4 Å². The Labute approximate surface area is 131 Å². The summed E-state index contributed by atoms with van der Waals surface area (Å²) in [5, 5.41) is 11.4. The minimum Gasteiger partial charge on any atom is -0.481 e. The average Bonchev–Trinajstić information content (AvgIpc) is 2.96. The molecule has 2 aromatic rings. The fourth-order valence-electron chi connectivity index (χ4n) is 1.94. The number of aliphatic carboxylic acids is 1. The highest BCUT2D eigenvalue weighted by Gasteiger charge is 2.13. The second-order valence-corrected chi connectivity index (χ2v) is 6.06. The van der Waals surface area contributed by atoms with Crippen molar-refractivity contribution in [2.24, 2.45) is 0 Å². The summed E-state index contributed by atoms with van der Waals surface area (Å²) in [6.45, 7) is 1.77. The van der Waals surface area contributed by atoms with E-state index < -0.39 is 5.97 Å². The van der Waals surface area contributed by atoms with E-state index in [2.05, 4.69) is 5.32 Å². The molecule has 0 spiro atoms. The van der Waals surface area contributed by atoms with Crippen molar-refractivity contribution in [3.63, 3.8) is 0 Å². The molecule has 1 aromatic heterocycles. The summed E-state index contributed by atoms with van der Waals surface area (Å²) in [6, 6.07) is 9.40. The van der Waals surface area contributed by atoms with Gasteiger partial charge >= 0.3 is 5.97 Å². The lowest BCUT2D eigenvalue weighted by Crippen LogP contribution is -2.32. The standard InChI is InChI=1S/C16H16FNO3S/c1-10(2-9-15(19)20)18-16(21)14-8-7-13(22-14)11-3-5-12(17)6-4-11/h3-8,10H,2,9H2,1H3,(H,18,21)(H,19,20). The number of nitrogens with one attached hydrogen (secondary N) is 1. The molecule has 6 heteroatoms. The van der Waals surface area contributed by atoms with E-state index in [0.717, 1.165) is 10.4 Å². The number of rotatable bonds is 6. The van der Waals surface area contributed by atoms with E-state index in [9.17, 15) is 14.0 Å². The van der Waals surface area contributed by atoms with Gasteiger partial charge in [0, 0.05) is 17.3 Å². The summed E-state index contributed by atoms with van der Waals surface area (Å²) in [7, 11) is 0. The van der Waals surface area contributed by atoms with Gasteiger partial charge in [0.25, 0.3) is 5.91 Å². The Kier molecular flexibility index (Phi) is 5.27. The maximum atomic E-state index is 12.9. The predicted molar refractivity (Wildman–Crippen MR) is 83.5 cm³/mol. The Morgan fingerprint density at radius 1 is 1.23 bits per heavy atom. The van der Waals surface area contributed by atoms with Gasteiger partial charge < -0.3 is 10.4 Å². The zero-order valence-electron chi connectivity index (χ0n) is 12.0. The van der Waals surface area contributed by atoms with Crippen LogP contribution in [0.4, 0.5) is 4.39 Å². The molecule has 2 N–H and O–H groups in total. The summed E-state index contributed by atoms with van der Waals surface area (Å²) >= 11 is 1.32. The van der Waals surface area contributed by atoms with Gasteiger partial charge in [-0.05, 0) is 43.2 Å². The Hall–Kier alpha value is -2.21. The number of carbonyl (C=O) groups excluding carboxylic acids is 1. The smallest absolute Gasteiger partial charge is 0.303 e. The maximum absolute atomic E-state index is 12.9. The third-order valence-electron chi connectivity index (χ3n) is 3.13. The zero-order chi connectivity index (χ0) is 16.1. The average molecular weight is 321 g/mol. The summed E-state index contributed by atoms with van der Waals surface area (Å²) in [6.07, 6.45) is 0.407. The number of carbonyl (C=O) groups is 2. The van der Waals surface area contributed by atoms with E-state index in [-0.39, 0.29) is 24.2 Å². The van der Waals surface area contributed by atoms with Crippen LogP contribution < -0.4 is 5.32 Å². The molecule has 4 nitrogen and oxygen atoms in total. The molecule has 0 aliphatic carbocycles. The molecule has 1 heterocycles. The van der Waals surface area contributed by atoms with Gasteiger partial charge in [0.1, 0.15) is 5.82 Å². The number of hydrogen-bond acceptors (Lipinski definition) is 3. The van der Waals surface area contributed by atoms with Crippen molar-refractivity contribution in [1.29, 1.82) is 0 Å². The van der Waals surface area contributed by atoms with E-state index in [1.54, 1.807) is 25.1 Å². The second kappa shape index (κ2) is 7.17. The lowest BCUT2D eigenvalue weighted by Gasteiger charge is -2.11. The molecule has 22 heavy (non-hydrogen) atoms. The summed E-state index contributed by atoms with van der Waals surface area (Å²) in [5.74, 6) is -1.41. The van der Waals surface area contributed by atoms with Gasteiger partial charge in [-0.15, -0.1) is 11.3 Å². The quantitative estimate of drug-likeness (QED) is 0.855. The van der Waals surface area contributed by atoms with Gasteiger partial charge in [0.2, 0.25) is 0 Å². The van der Waals surface area contributed by atoms with Gasteiger partial charge in [-0.25, -0.2) is 4.39 Å². The fraction of sp³-hybridized carbons (Fsp3) is 0.250. The van der Waals surface area contributed by atoms with Gasteiger partial charge in [-0.1, -0.05) is 12.1 Å². The molecule has 1 aromatic carbocycles. The predicted octanol–water partition coefficient (Wildman–Crippen LogP) is 3.54. The van der Waals surface area contributed by atoms with Gasteiger partial charge in [-0.2, -0.15) is 0 Å². The van der Waals surface area contributed by atoms with Gasteiger partial charge in [0.15, 0.2) is 0 Å². The molecule has 0 bridgehead atoms. The first-order valence-corrected chi connectivity index (χ1v) is 7.66. The number of halogens is 1. The summed E-state index contributed by atoms with van der Waals surface area (Å²) < 4.78 is 12.9. The normalized spacial score (nSPS) is 11.9. The molecule has 1 unspecified atom stereocenters. The third kappa shape index (κ3) is 4.39. The first-order chi connectivity index (χ1) is 10.5. The fourth-order valence-corrected chi connectivity index (χ4v) is 2.85. The van der Waals surface area contributed by atoms with Crippen molar-refractivity contribution in [3.8, 4) is 10.4 Å². The maximum Gasteiger partial charge on any atom is 0.303 e. The molecular weight excluding hydrogens is 305 g/mol. The first kappa shape index (κ1) is 16.2. The minimum absolute atomic E-state index is 0.0206. The largest absolute Gasteiger partial charge is 0.481 e. The van der Waals surface area contributed by atoms with E-state index in [4.69, 9.17) is 5.11 Å². The number of hydrogen-bond donors (Lipinski definition) is 2. The number of carboxylic acids is 1. The van der Waals surface area contributed by atoms with E-state index in [0.29, 0.717) is 11.3 Å². The summed E-state index contributed by atoms with van der Waals surface area (Å²) in [4.78, 5) is 24.0. The van der Waals surface area contributed by atoms with Crippen molar-refractivity contribution in [2.45, 2.75) is 25.8 Å². The molecule has 1 amide bonds. The van der Waals surface area contributed by atoms with Crippen LogP contribution in [0, 0.1) is 5.82 Å². The highest BCUT2D eigenvalue weighted by atomic mass is 32.1.